The van der Waals surface area contributed by atoms with Gasteiger partial charge in [-0.3, -0.25) is 0 Å². The van der Waals surface area contributed by atoms with Crippen molar-refractivity contribution in [3.63, 3.8) is 0 Å². The van der Waals surface area contributed by atoms with Gasteiger partial charge in [-0.25, -0.2) is 4.98 Å². The van der Waals surface area contributed by atoms with Gasteiger partial charge in [-0.15, -0.1) is 0 Å². The lowest BCUT2D eigenvalue weighted by Crippen LogP contribution is -2.23. The van der Waals surface area contributed by atoms with Crippen LogP contribution in [0.5, 0.6) is 5.88 Å². The van der Waals surface area contributed by atoms with Crippen LogP contribution in [0.15, 0.2) is 18.3 Å². The maximum Gasteiger partial charge on any atom is 0.391 e. The molecule has 0 bridgehead atoms. The summed E-state index contributed by atoms with van der Waals surface area (Å²) < 4.78 is 41.4. The number of hydrogen-bond acceptors (Lipinski definition) is 4. The number of ether oxygens (including phenoxy) is 1. The highest BCUT2D eigenvalue weighted by Gasteiger charge is 2.29. The minimum atomic E-state index is -4.19. The van der Waals surface area contributed by atoms with E-state index in [-0.39, 0.29) is 13.2 Å². The number of halogens is 3. The lowest BCUT2D eigenvalue weighted by molar-refractivity contribution is -0.136. The van der Waals surface area contributed by atoms with Crippen LogP contribution < -0.4 is 10.1 Å². The number of anilines is 1. The van der Waals surface area contributed by atoms with Gasteiger partial charge >= 0.3 is 6.18 Å². The smallest absolute Gasteiger partial charge is 0.391 e. The van der Waals surface area contributed by atoms with Crippen LogP contribution in [0.4, 0.5) is 18.9 Å². The highest BCUT2D eigenvalue weighted by molar-refractivity contribution is 5.42. The van der Waals surface area contributed by atoms with E-state index in [1.165, 1.54) is 19.2 Å². The van der Waals surface area contributed by atoms with Crippen LogP contribution in [0.25, 0.3) is 0 Å². The van der Waals surface area contributed by atoms with Crippen molar-refractivity contribution in [2.24, 2.45) is 0 Å². The third-order valence-corrected chi connectivity index (χ3v) is 2.03. The van der Waals surface area contributed by atoms with Gasteiger partial charge in [0.15, 0.2) is 0 Å². The molecule has 0 spiro atoms. The predicted molar refractivity (Wildman–Crippen MR) is 60.6 cm³/mol. The Hall–Kier alpha value is -1.50. The largest absolute Gasteiger partial charge is 0.475 e. The van der Waals surface area contributed by atoms with Crippen molar-refractivity contribution in [3.8, 4) is 5.88 Å². The SMILES string of the molecule is CC(CC(F)(F)F)Nc1ccc(OCCO)nc1. The number of alkyl halides is 3. The molecule has 2 N–H and O–H groups in total. The second kappa shape index (κ2) is 6.44. The summed E-state index contributed by atoms with van der Waals surface area (Å²) in [4.78, 5) is 3.89. The Morgan fingerprint density at radius 3 is 2.67 bits per heavy atom. The second-order valence-electron chi connectivity index (χ2n) is 3.82. The Kier molecular flexibility index (Phi) is 5.21. The fraction of sp³-hybridized carbons (Fsp3) is 0.545. The second-order valence-corrected chi connectivity index (χ2v) is 3.82. The lowest BCUT2D eigenvalue weighted by Gasteiger charge is -2.16. The quantitative estimate of drug-likeness (QED) is 0.827. The van der Waals surface area contributed by atoms with Crippen LogP contribution in [0.1, 0.15) is 13.3 Å². The van der Waals surface area contributed by atoms with Crippen LogP contribution in [0.3, 0.4) is 0 Å². The van der Waals surface area contributed by atoms with Gasteiger partial charge in [-0.05, 0) is 13.0 Å². The fourth-order valence-electron chi connectivity index (χ4n) is 1.38. The number of nitrogens with one attached hydrogen (secondary N) is 1. The molecule has 7 heteroatoms. The summed E-state index contributed by atoms with van der Waals surface area (Å²) in [6, 6.07) is 2.38. The molecule has 4 nitrogen and oxygen atoms in total. The standard InChI is InChI=1S/C11H15F3N2O2/c1-8(6-11(12,13)14)16-9-2-3-10(15-7-9)18-5-4-17/h2-3,7-8,16-17H,4-6H2,1H3. The Morgan fingerprint density at radius 1 is 1.44 bits per heavy atom. The number of rotatable bonds is 6. The molecule has 1 heterocycles. The van der Waals surface area contributed by atoms with E-state index < -0.39 is 18.6 Å². The molecular formula is C11H15F3N2O2. The average Bonchev–Trinajstić information content (AvgIpc) is 2.25. The van der Waals surface area contributed by atoms with E-state index in [0.29, 0.717) is 11.6 Å². The summed E-state index contributed by atoms with van der Waals surface area (Å²) in [5, 5.41) is 11.2. The fourth-order valence-corrected chi connectivity index (χ4v) is 1.38. The molecule has 1 atom stereocenters. The zero-order valence-corrected chi connectivity index (χ0v) is 9.87. The van der Waals surface area contributed by atoms with E-state index >= 15 is 0 Å². The molecule has 102 valence electrons. The maximum atomic E-state index is 12.1. The summed E-state index contributed by atoms with van der Waals surface area (Å²) in [7, 11) is 0. The summed E-state index contributed by atoms with van der Waals surface area (Å²) in [5.41, 5.74) is 0.489. The van der Waals surface area contributed by atoms with E-state index in [2.05, 4.69) is 10.3 Å². The molecule has 0 aliphatic rings. The van der Waals surface area contributed by atoms with Crippen molar-refractivity contribution in [1.82, 2.24) is 4.98 Å². The van der Waals surface area contributed by atoms with Crippen molar-refractivity contribution >= 4 is 5.69 Å². The lowest BCUT2D eigenvalue weighted by atomic mass is 10.2. The van der Waals surface area contributed by atoms with Crippen LogP contribution in [0, 0.1) is 0 Å². The highest BCUT2D eigenvalue weighted by atomic mass is 19.4. The van der Waals surface area contributed by atoms with E-state index in [0.717, 1.165) is 0 Å². The number of aromatic nitrogens is 1. The third kappa shape index (κ3) is 5.72. The summed E-state index contributed by atoms with van der Waals surface area (Å²) >= 11 is 0. The molecular weight excluding hydrogens is 249 g/mol. The molecule has 0 aliphatic heterocycles. The molecule has 0 aromatic carbocycles. The zero-order chi connectivity index (χ0) is 13.6. The van der Waals surface area contributed by atoms with E-state index in [1.54, 1.807) is 6.07 Å². The minimum absolute atomic E-state index is 0.121. The van der Waals surface area contributed by atoms with Crippen molar-refractivity contribution in [2.45, 2.75) is 25.6 Å². The van der Waals surface area contributed by atoms with E-state index in [1.807, 2.05) is 0 Å². The Bertz CT molecular complexity index is 354. The topological polar surface area (TPSA) is 54.4 Å². The Labute approximate surface area is 103 Å². The van der Waals surface area contributed by atoms with Crippen LogP contribution >= 0.6 is 0 Å². The van der Waals surface area contributed by atoms with Gasteiger partial charge in [0.05, 0.1) is 24.9 Å². The molecule has 1 unspecified atom stereocenters. The molecule has 1 rings (SSSR count). The third-order valence-electron chi connectivity index (χ3n) is 2.03. The van der Waals surface area contributed by atoms with Gasteiger partial charge in [-0.1, -0.05) is 0 Å². The molecule has 0 radical (unpaired) electrons. The number of pyridine rings is 1. The monoisotopic (exact) mass is 264 g/mol. The van der Waals surface area contributed by atoms with Crippen LogP contribution in [-0.4, -0.2) is 35.5 Å². The first-order chi connectivity index (χ1) is 8.40. The van der Waals surface area contributed by atoms with Gasteiger partial charge in [0.25, 0.3) is 0 Å². The number of hydrogen-bond donors (Lipinski definition) is 2. The summed E-state index contributed by atoms with van der Waals surface area (Å²) in [5.74, 6) is 0.318. The average molecular weight is 264 g/mol. The molecule has 0 amide bonds. The van der Waals surface area contributed by atoms with Crippen molar-refractivity contribution < 1.29 is 23.0 Å². The van der Waals surface area contributed by atoms with Crippen LogP contribution in [-0.2, 0) is 0 Å². The Morgan fingerprint density at radius 2 is 2.17 bits per heavy atom. The Balaban J connectivity index is 2.48. The summed E-state index contributed by atoms with van der Waals surface area (Å²) in [6.07, 6.45) is -3.71. The summed E-state index contributed by atoms with van der Waals surface area (Å²) in [6.45, 7) is 1.46. The number of aliphatic hydroxyl groups is 1. The number of aliphatic hydroxyl groups excluding tert-OH is 1. The molecule has 18 heavy (non-hydrogen) atoms. The first-order valence-corrected chi connectivity index (χ1v) is 5.43. The van der Waals surface area contributed by atoms with Gasteiger partial charge in [0.2, 0.25) is 5.88 Å². The van der Waals surface area contributed by atoms with Crippen molar-refractivity contribution in [1.29, 1.82) is 0 Å². The van der Waals surface area contributed by atoms with Gasteiger partial charge in [0, 0.05) is 12.1 Å². The number of nitrogens with zero attached hydrogens (tertiary/aromatic N) is 1. The molecule has 0 saturated heterocycles. The van der Waals surface area contributed by atoms with E-state index in [4.69, 9.17) is 9.84 Å². The first-order valence-electron chi connectivity index (χ1n) is 5.43. The highest BCUT2D eigenvalue weighted by Crippen LogP contribution is 2.23. The zero-order valence-electron chi connectivity index (χ0n) is 9.87. The molecule has 0 saturated carbocycles. The van der Waals surface area contributed by atoms with Crippen LogP contribution in [0.2, 0.25) is 0 Å². The molecule has 0 aliphatic carbocycles. The normalized spacial score (nSPS) is 13.2. The first kappa shape index (κ1) is 14.6. The molecule has 1 aromatic rings. The molecule has 0 fully saturated rings. The van der Waals surface area contributed by atoms with Gasteiger partial charge in [0.1, 0.15) is 6.61 Å². The minimum Gasteiger partial charge on any atom is -0.475 e. The van der Waals surface area contributed by atoms with Crippen molar-refractivity contribution in [2.75, 3.05) is 18.5 Å². The maximum absolute atomic E-state index is 12.1. The van der Waals surface area contributed by atoms with E-state index in [9.17, 15) is 13.2 Å². The molecule has 1 aromatic heterocycles. The van der Waals surface area contributed by atoms with Crippen molar-refractivity contribution in [3.05, 3.63) is 18.3 Å². The van der Waals surface area contributed by atoms with Gasteiger partial charge in [-0.2, -0.15) is 13.2 Å². The predicted octanol–water partition coefficient (Wildman–Crippen LogP) is 2.21. The van der Waals surface area contributed by atoms with Gasteiger partial charge < -0.3 is 15.2 Å².